The number of phenols is 2. The molecule has 5 aromatic carbocycles. The van der Waals surface area contributed by atoms with Crippen molar-refractivity contribution in [2.45, 2.75) is 6.61 Å². The number of hydrogen-bond acceptors (Lipinski definition) is 8. The Morgan fingerprint density at radius 2 is 1.11 bits per heavy atom. The summed E-state index contributed by atoms with van der Waals surface area (Å²) in [5, 5.41) is 22.3. The molecule has 0 heterocycles. The third-order valence-corrected chi connectivity index (χ3v) is 6.63. The summed E-state index contributed by atoms with van der Waals surface area (Å²) in [6.07, 6.45) is 0. The molecule has 0 spiro atoms. The van der Waals surface area contributed by atoms with Crippen molar-refractivity contribution in [1.82, 2.24) is 0 Å². The molecule has 0 unspecified atom stereocenters. The SMILES string of the molecule is O=C(Oc1c(O)c(O)c(C(=O)c2ccccc2)c(C(=O)OCc2ccccc2)c1C(=O)c1ccccc1F)c1ccccc1. The van der Waals surface area contributed by atoms with E-state index in [4.69, 9.17) is 9.47 Å². The first kappa shape index (κ1) is 29.4. The molecule has 0 radical (unpaired) electrons. The maximum absolute atomic E-state index is 15.0. The molecule has 5 rings (SSSR count). The molecule has 218 valence electrons. The number of aromatic hydroxyl groups is 2. The average Bonchev–Trinajstić information content (AvgIpc) is 3.06. The number of hydrogen-bond donors (Lipinski definition) is 2. The minimum Gasteiger partial charge on any atom is -0.504 e. The largest absolute Gasteiger partial charge is 0.504 e. The molecule has 0 saturated carbocycles. The quantitative estimate of drug-likeness (QED) is 0.0890. The highest BCUT2D eigenvalue weighted by atomic mass is 19.1. The van der Waals surface area contributed by atoms with Gasteiger partial charge in [-0.15, -0.1) is 0 Å². The molecule has 0 aromatic heterocycles. The zero-order valence-electron chi connectivity index (χ0n) is 22.9. The lowest BCUT2D eigenvalue weighted by Crippen LogP contribution is -2.22. The van der Waals surface area contributed by atoms with Gasteiger partial charge in [0.05, 0.1) is 27.8 Å². The summed E-state index contributed by atoms with van der Waals surface area (Å²) in [7, 11) is 0. The molecule has 0 amide bonds. The van der Waals surface area contributed by atoms with Crippen molar-refractivity contribution < 1.29 is 43.3 Å². The van der Waals surface area contributed by atoms with Crippen LogP contribution in [0.3, 0.4) is 0 Å². The fourth-order valence-electron chi connectivity index (χ4n) is 4.48. The molecule has 8 nitrogen and oxygen atoms in total. The van der Waals surface area contributed by atoms with Gasteiger partial charge in [0.25, 0.3) is 0 Å². The van der Waals surface area contributed by atoms with E-state index >= 15 is 0 Å². The van der Waals surface area contributed by atoms with Crippen LogP contribution in [-0.4, -0.2) is 33.7 Å². The molecule has 44 heavy (non-hydrogen) atoms. The normalized spacial score (nSPS) is 10.6. The third-order valence-electron chi connectivity index (χ3n) is 6.63. The Morgan fingerprint density at radius 1 is 0.568 bits per heavy atom. The summed E-state index contributed by atoms with van der Waals surface area (Å²) in [4.78, 5) is 54.8. The van der Waals surface area contributed by atoms with Gasteiger partial charge in [-0.3, -0.25) is 9.59 Å². The molecule has 0 aliphatic carbocycles. The predicted molar refractivity (Wildman–Crippen MR) is 156 cm³/mol. The van der Waals surface area contributed by atoms with Gasteiger partial charge in [0.1, 0.15) is 12.4 Å². The number of phenolic OH excluding ortho intramolecular Hbond substituents is 2. The summed E-state index contributed by atoms with van der Waals surface area (Å²) in [5.41, 5.74) is -2.51. The number of carbonyl (C=O) groups excluding carboxylic acids is 4. The molecule has 5 aromatic rings. The maximum Gasteiger partial charge on any atom is 0.343 e. The van der Waals surface area contributed by atoms with Crippen molar-refractivity contribution in [3.05, 3.63) is 160 Å². The number of halogens is 1. The highest BCUT2D eigenvalue weighted by molar-refractivity contribution is 6.24. The molecule has 0 bridgehead atoms. The first-order valence-electron chi connectivity index (χ1n) is 13.3. The summed E-state index contributed by atoms with van der Waals surface area (Å²) in [6, 6.07) is 28.2. The zero-order chi connectivity index (χ0) is 31.2. The molecule has 0 saturated heterocycles. The molecular formula is C35H23FO8. The summed E-state index contributed by atoms with van der Waals surface area (Å²) in [6.45, 7) is -0.313. The van der Waals surface area contributed by atoms with Crippen LogP contribution in [0.25, 0.3) is 0 Å². The van der Waals surface area contributed by atoms with Crippen molar-refractivity contribution in [1.29, 1.82) is 0 Å². The second-order valence-electron chi connectivity index (χ2n) is 9.47. The van der Waals surface area contributed by atoms with E-state index in [1.807, 2.05) is 0 Å². The summed E-state index contributed by atoms with van der Waals surface area (Å²) < 4.78 is 25.8. The Labute approximate surface area is 250 Å². The van der Waals surface area contributed by atoms with Crippen molar-refractivity contribution in [3.8, 4) is 17.2 Å². The standard InChI is InChI=1S/C35H23FO8/c36-25-19-11-10-18-24(25)30(38)28-26(35(42)43-20-21-12-4-1-5-13-21)27(29(37)22-14-6-2-7-15-22)31(39)32(40)33(28)44-34(41)23-16-8-3-9-17-23/h1-19,39-40H,20H2. The number of ketones is 2. The fourth-order valence-corrected chi connectivity index (χ4v) is 4.48. The van der Waals surface area contributed by atoms with Crippen LogP contribution in [0.1, 0.15) is 58.1 Å². The smallest absolute Gasteiger partial charge is 0.343 e. The number of esters is 2. The van der Waals surface area contributed by atoms with Gasteiger partial charge in [-0.25, -0.2) is 14.0 Å². The Morgan fingerprint density at radius 3 is 1.73 bits per heavy atom. The van der Waals surface area contributed by atoms with Crippen molar-refractivity contribution >= 4 is 23.5 Å². The van der Waals surface area contributed by atoms with Crippen LogP contribution in [0.2, 0.25) is 0 Å². The molecule has 0 aliphatic heterocycles. The highest BCUT2D eigenvalue weighted by Gasteiger charge is 2.38. The minimum absolute atomic E-state index is 0.00618. The topological polar surface area (TPSA) is 127 Å². The predicted octanol–water partition coefficient (Wildman–Crippen LogP) is 6.28. The van der Waals surface area contributed by atoms with E-state index in [-0.39, 0.29) is 17.7 Å². The van der Waals surface area contributed by atoms with Crippen LogP contribution >= 0.6 is 0 Å². The molecule has 0 aliphatic rings. The van der Waals surface area contributed by atoms with Crippen LogP contribution in [0.15, 0.2) is 115 Å². The number of carbonyl (C=O) groups is 4. The first-order chi connectivity index (χ1) is 21.3. The van der Waals surface area contributed by atoms with Gasteiger partial charge < -0.3 is 19.7 Å². The second kappa shape index (κ2) is 12.8. The Kier molecular flexibility index (Phi) is 8.57. The summed E-state index contributed by atoms with van der Waals surface area (Å²) in [5.74, 6) is -8.82. The molecule has 2 N–H and O–H groups in total. The maximum atomic E-state index is 15.0. The van der Waals surface area contributed by atoms with E-state index in [9.17, 15) is 33.8 Å². The number of benzene rings is 5. The molecule has 0 atom stereocenters. The fraction of sp³-hybridized carbons (Fsp3) is 0.0286. The zero-order valence-corrected chi connectivity index (χ0v) is 22.9. The van der Waals surface area contributed by atoms with Crippen molar-refractivity contribution in [2.75, 3.05) is 0 Å². The van der Waals surface area contributed by atoms with Crippen LogP contribution < -0.4 is 4.74 Å². The third kappa shape index (κ3) is 5.93. The van der Waals surface area contributed by atoms with Gasteiger partial charge >= 0.3 is 11.9 Å². The Bertz CT molecular complexity index is 1870. The van der Waals surface area contributed by atoms with E-state index in [1.54, 1.807) is 42.5 Å². The van der Waals surface area contributed by atoms with Gasteiger partial charge in [-0.05, 0) is 29.8 Å². The minimum atomic E-state index is -1.28. The van der Waals surface area contributed by atoms with Crippen LogP contribution in [0.5, 0.6) is 17.2 Å². The summed E-state index contributed by atoms with van der Waals surface area (Å²) >= 11 is 0. The van der Waals surface area contributed by atoms with Crippen LogP contribution in [0.4, 0.5) is 4.39 Å². The highest BCUT2D eigenvalue weighted by Crippen LogP contribution is 2.46. The van der Waals surface area contributed by atoms with Gasteiger partial charge in [0.15, 0.2) is 17.3 Å². The van der Waals surface area contributed by atoms with Crippen molar-refractivity contribution in [2.24, 2.45) is 0 Å². The van der Waals surface area contributed by atoms with E-state index < -0.39 is 68.8 Å². The number of rotatable bonds is 9. The monoisotopic (exact) mass is 590 g/mol. The first-order valence-corrected chi connectivity index (χ1v) is 13.3. The van der Waals surface area contributed by atoms with Crippen LogP contribution in [-0.2, 0) is 11.3 Å². The Balaban J connectivity index is 1.78. The van der Waals surface area contributed by atoms with E-state index in [2.05, 4.69) is 0 Å². The average molecular weight is 591 g/mol. The van der Waals surface area contributed by atoms with Crippen LogP contribution in [0, 0.1) is 5.82 Å². The van der Waals surface area contributed by atoms with Gasteiger partial charge in [-0.2, -0.15) is 0 Å². The number of ether oxygens (including phenoxy) is 2. The lowest BCUT2D eigenvalue weighted by atomic mass is 9.88. The van der Waals surface area contributed by atoms with E-state index in [0.717, 1.165) is 12.1 Å². The van der Waals surface area contributed by atoms with E-state index in [1.165, 1.54) is 60.7 Å². The second-order valence-corrected chi connectivity index (χ2v) is 9.47. The van der Waals surface area contributed by atoms with Gasteiger partial charge in [-0.1, -0.05) is 91.0 Å². The Hall–Kier alpha value is -6.09. The molecule has 0 fully saturated rings. The van der Waals surface area contributed by atoms with E-state index in [0.29, 0.717) is 5.56 Å². The molecular weight excluding hydrogens is 567 g/mol. The molecule has 9 heteroatoms. The lowest BCUT2D eigenvalue weighted by Gasteiger charge is -2.20. The van der Waals surface area contributed by atoms with Crippen molar-refractivity contribution in [3.63, 3.8) is 0 Å². The lowest BCUT2D eigenvalue weighted by molar-refractivity contribution is 0.0464. The van der Waals surface area contributed by atoms with Gasteiger partial charge in [0.2, 0.25) is 11.5 Å². The van der Waals surface area contributed by atoms with Gasteiger partial charge in [0, 0.05) is 5.56 Å².